The molecule has 1 heterocycles. The van der Waals surface area contributed by atoms with E-state index in [2.05, 4.69) is 5.32 Å². The average molecular weight is 140 g/mol. The Morgan fingerprint density at radius 2 is 2.40 bits per heavy atom. The van der Waals surface area contributed by atoms with Crippen LogP contribution in [0.5, 0.6) is 0 Å². The van der Waals surface area contributed by atoms with E-state index < -0.39 is 0 Å². The van der Waals surface area contributed by atoms with E-state index in [1.165, 1.54) is 32.2 Å². The summed E-state index contributed by atoms with van der Waals surface area (Å²) in [7, 11) is 0. The molecule has 1 saturated carbocycles. The number of nitrogens with two attached hydrogens (primary N) is 1. The van der Waals surface area contributed by atoms with Crippen molar-refractivity contribution in [3.05, 3.63) is 0 Å². The molecule has 0 aromatic carbocycles. The third kappa shape index (κ3) is 0.722. The molecule has 0 spiro atoms. The zero-order valence-electron chi connectivity index (χ0n) is 6.40. The molecule has 0 radical (unpaired) electrons. The van der Waals surface area contributed by atoms with E-state index >= 15 is 0 Å². The van der Waals surface area contributed by atoms with Gasteiger partial charge in [0.25, 0.3) is 0 Å². The predicted octanol–water partition coefficient (Wildman–Crippen LogP) is 0.477. The minimum absolute atomic E-state index is 0.387. The SMILES string of the molecule is NCC12CCC1CCCN2. The lowest BCUT2D eigenvalue weighted by atomic mass is 9.63. The van der Waals surface area contributed by atoms with Crippen molar-refractivity contribution >= 4 is 0 Å². The molecule has 3 N–H and O–H groups in total. The fourth-order valence-corrected chi connectivity index (χ4v) is 2.38. The van der Waals surface area contributed by atoms with Crippen molar-refractivity contribution in [2.75, 3.05) is 13.1 Å². The Morgan fingerprint density at radius 3 is 2.80 bits per heavy atom. The van der Waals surface area contributed by atoms with E-state index in [0.717, 1.165) is 12.5 Å². The summed E-state index contributed by atoms with van der Waals surface area (Å²) in [5.41, 5.74) is 6.10. The van der Waals surface area contributed by atoms with Crippen LogP contribution < -0.4 is 11.1 Å². The van der Waals surface area contributed by atoms with E-state index in [1.54, 1.807) is 0 Å². The molecule has 1 saturated heterocycles. The normalized spacial score (nSPS) is 45.9. The first-order valence-corrected chi connectivity index (χ1v) is 4.32. The van der Waals surface area contributed by atoms with Crippen molar-refractivity contribution in [1.82, 2.24) is 5.32 Å². The van der Waals surface area contributed by atoms with E-state index in [0.29, 0.717) is 5.54 Å². The molecule has 2 aliphatic rings. The number of hydrogen-bond donors (Lipinski definition) is 2. The van der Waals surface area contributed by atoms with E-state index in [1.807, 2.05) is 0 Å². The molecule has 0 amide bonds. The van der Waals surface area contributed by atoms with Gasteiger partial charge in [-0.15, -0.1) is 0 Å². The topological polar surface area (TPSA) is 38.0 Å². The molecule has 10 heavy (non-hydrogen) atoms. The molecule has 2 fully saturated rings. The van der Waals surface area contributed by atoms with Crippen molar-refractivity contribution in [3.8, 4) is 0 Å². The molecule has 0 bridgehead atoms. The lowest BCUT2D eigenvalue weighted by Gasteiger charge is -2.53. The molecule has 0 aromatic heterocycles. The highest BCUT2D eigenvalue weighted by Gasteiger charge is 2.46. The van der Waals surface area contributed by atoms with E-state index in [4.69, 9.17) is 5.73 Å². The molecule has 2 unspecified atom stereocenters. The first kappa shape index (κ1) is 6.62. The summed E-state index contributed by atoms with van der Waals surface area (Å²) in [4.78, 5) is 0. The van der Waals surface area contributed by atoms with Crippen molar-refractivity contribution in [1.29, 1.82) is 0 Å². The van der Waals surface area contributed by atoms with Gasteiger partial charge in [0, 0.05) is 12.1 Å². The van der Waals surface area contributed by atoms with Crippen LogP contribution in [0.2, 0.25) is 0 Å². The average Bonchev–Trinajstić information content (AvgIpc) is 1.93. The first-order chi connectivity index (χ1) is 4.87. The number of fused-ring (bicyclic) bond motifs is 1. The second kappa shape index (κ2) is 2.21. The van der Waals surface area contributed by atoms with Gasteiger partial charge in [-0.3, -0.25) is 0 Å². The third-order valence-electron chi connectivity index (χ3n) is 3.29. The molecule has 1 aliphatic carbocycles. The highest BCUT2D eigenvalue weighted by atomic mass is 15.0. The molecule has 0 aromatic rings. The minimum Gasteiger partial charge on any atom is -0.329 e. The predicted molar refractivity (Wildman–Crippen MR) is 41.7 cm³/mol. The van der Waals surface area contributed by atoms with Gasteiger partial charge in [-0.25, -0.2) is 0 Å². The first-order valence-electron chi connectivity index (χ1n) is 4.32. The molecular weight excluding hydrogens is 124 g/mol. The Morgan fingerprint density at radius 1 is 1.50 bits per heavy atom. The summed E-state index contributed by atoms with van der Waals surface area (Å²) in [5, 5.41) is 3.56. The zero-order chi connectivity index (χ0) is 7.03. The van der Waals surface area contributed by atoms with Crippen LogP contribution in [0.25, 0.3) is 0 Å². The van der Waals surface area contributed by atoms with Gasteiger partial charge in [-0.1, -0.05) is 0 Å². The number of rotatable bonds is 1. The Bertz CT molecular complexity index is 131. The maximum Gasteiger partial charge on any atom is 0.0332 e. The van der Waals surface area contributed by atoms with Gasteiger partial charge >= 0.3 is 0 Å². The lowest BCUT2D eigenvalue weighted by Crippen LogP contribution is -2.65. The summed E-state index contributed by atoms with van der Waals surface area (Å²) >= 11 is 0. The van der Waals surface area contributed by atoms with Gasteiger partial charge in [0.1, 0.15) is 0 Å². The molecule has 2 heteroatoms. The monoisotopic (exact) mass is 140 g/mol. The van der Waals surface area contributed by atoms with Gasteiger partial charge in [0.15, 0.2) is 0 Å². The largest absolute Gasteiger partial charge is 0.329 e. The van der Waals surface area contributed by atoms with Crippen molar-refractivity contribution in [2.45, 2.75) is 31.2 Å². The summed E-state index contributed by atoms with van der Waals surface area (Å²) in [6.07, 6.45) is 5.48. The third-order valence-corrected chi connectivity index (χ3v) is 3.29. The van der Waals surface area contributed by atoms with Crippen LogP contribution in [0, 0.1) is 5.92 Å². The maximum atomic E-state index is 5.72. The smallest absolute Gasteiger partial charge is 0.0332 e. The summed E-state index contributed by atoms with van der Waals surface area (Å²) < 4.78 is 0. The van der Waals surface area contributed by atoms with Gasteiger partial charge in [0.05, 0.1) is 0 Å². The molecule has 2 rings (SSSR count). The van der Waals surface area contributed by atoms with Crippen molar-refractivity contribution in [2.24, 2.45) is 11.7 Å². The molecule has 1 aliphatic heterocycles. The van der Waals surface area contributed by atoms with Crippen LogP contribution in [-0.4, -0.2) is 18.6 Å². The van der Waals surface area contributed by atoms with Crippen LogP contribution in [0.15, 0.2) is 0 Å². The van der Waals surface area contributed by atoms with Gasteiger partial charge in [-0.2, -0.15) is 0 Å². The van der Waals surface area contributed by atoms with Gasteiger partial charge < -0.3 is 11.1 Å². The highest BCUT2D eigenvalue weighted by molar-refractivity contribution is 5.05. The van der Waals surface area contributed by atoms with Crippen LogP contribution >= 0.6 is 0 Å². The maximum absolute atomic E-state index is 5.72. The summed E-state index contributed by atoms with van der Waals surface area (Å²) in [6.45, 7) is 2.03. The highest BCUT2D eigenvalue weighted by Crippen LogP contribution is 2.42. The molecule has 2 atom stereocenters. The number of piperidine rings is 1. The Labute approximate surface area is 62.2 Å². The Hall–Kier alpha value is -0.0800. The van der Waals surface area contributed by atoms with Crippen LogP contribution in [0.3, 0.4) is 0 Å². The summed E-state index contributed by atoms with van der Waals surface area (Å²) in [5.74, 6) is 0.909. The minimum atomic E-state index is 0.387. The van der Waals surface area contributed by atoms with E-state index in [9.17, 15) is 0 Å². The second-order valence-electron chi connectivity index (χ2n) is 3.66. The van der Waals surface area contributed by atoms with Crippen LogP contribution in [0.1, 0.15) is 25.7 Å². The van der Waals surface area contributed by atoms with Crippen LogP contribution in [-0.2, 0) is 0 Å². The second-order valence-corrected chi connectivity index (χ2v) is 3.66. The fraction of sp³-hybridized carbons (Fsp3) is 1.00. The van der Waals surface area contributed by atoms with Crippen molar-refractivity contribution < 1.29 is 0 Å². The molecule has 2 nitrogen and oxygen atoms in total. The summed E-state index contributed by atoms with van der Waals surface area (Å²) in [6, 6.07) is 0. The fourth-order valence-electron chi connectivity index (χ4n) is 2.38. The standard InChI is InChI=1S/C8H16N2/c9-6-8-4-3-7(8)2-1-5-10-8/h7,10H,1-6,9H2. The zero-order valence-corrected chi connectivity index (χ0v) is 6.40. The quantitative estimate of drug-likeness (QED) is 0.556. The van der Waals surface area contributed by atoms with Gasteiger partial charge in [0.2, 0.25) is 0 Å². The number of nitrogens with one attached hydrogen (secondary N) is 1. The molecule has 58 valence electrons. The lowest BCUT2D eigenvalue weighted by molar-refractivity contribution is 0.0550. The number of hydrogen-bond acceptors (Lipinski definition) is 2. The Kier molecular flexibility index (Phi) is 1.46. The van der Waals surface area contributed by atoms with Crippen molar-refractivity contribution in [3.63, 3.8) is 0 Å². The Balaban J connectivity index is 2.04. The molecular formula is C8H16N2. The van der Waals surface area contributed by atoms with Gasteiger partial charge in [-0.05, 0) is 38.1 Å². The van der Waals surface area contributed by atoms with Crippen LogP contribution in [0.4, 0.5) is 0 Å². The van der Waals surface area contributed by atoms with E-state index in [-0.39, 0.29) is 0 Å².